The first-order chi connectivity index (χ1) is 8.09. The van der Waals surface area contributed by atoms with E-state index in [0.29, 0.717) is 18.8 Å². The average molecular weight is 236 g/mol. The van der Waals surface area contributed by atoms with Gasteiger partial charge in [0.1, 0.15) is 24.7 Å². The number of carbonyl (C=O) groups is 1. The molecule has 0 radical (unpaired) electrons. The maximum atomic E-state index is 10.5. The van der Waals surface area contributed by atoms with Gasteiger partial charge >= 0.3 is 0 Å². The van der Waals surface area contributed by atoms with Crippen molar-refractivity contribution in [2.24, 2.45) is 0 Å². The fourth-order valence-electron chi connectivity index (χ4n) is 1.68. The average Bonchev–Trinajstić information content (AvgIpc) is 2.67. The Morgan fingerprint density at radius 3 is 2.65 bits per heavy atom. The van der Waals surface area contributed by atoms with Crippen molar-refractivity contribution in [3.05, 3.63) is 29.8 Å². The molecule has 0 bridgehead atoms. The zero-order valence-electron chi connectivity index (χ0n) is 10.0. The molecule has 1 fully saturated rings. The van der Waals surface area contributed by atoms with Gasteiger partial charge in [0.25, 0.3) is 0 Å². The van der Waals surface area contributed by atoms with Crippen molar-refractivity contribution in [2.45, 2.75) is 25.7 Å². The van der Waals surface area contributed by atoms with Crippen LogP contribution < -0.4 is 4.74 Å². The minimum absolute atomic E-state index is 0.0456. The highest BCUT2D eigenvalue weighted by atomic mass is 16.7. The Labute approximate surface area is 100 Å². The molecule has 0 aliphatic carbocycles. The van der Waals surface area contributed by atoms with Gasteiger partial charge in [-0.15, -0.1) is 0 Å². The predicted molar refractivity (Wildman–Crippen MR) is 62.2 cm³/mol. The third kappa shape index (κ3) is 3.28. The monoisotopic (exact) mass is 236 g/mol. The second kappa shape index (κ2) is 4.85. The molecular formula is C13H16O4. The third-order valence-electron chi connectivity index (χ3n) is 2.52. The molecule has 1 aliphatic heterocycles. The van der Waals surface area contributed by atoms with Crippen LogP contribution in [0.1, 0.15) is 24.2 Å². The van der Waals surface area contributed by atoms with Crippen molar-refractivity contribution in [3.8, 4) is 5.75 Å². The van der Waals surface area contributed by atoms with Crippen LogP contribution in [0.5, 0.6) is 5.75 Å². The van der Waals surface area contributed by atoms with E-state index in [1.807, 2.05) is 13.8 Å². The van der Waals surface area contributed by atoms with Crippen LogP contribution >= 0.6 is 0 Å². The van der Waals surface area contributed by atoms with E-state index in [1.165, 1.54) is 0 Å². The summed E-state index contributed by atoms with van der Waals surface area (Å²) in [6.45, 7) is 4.75. The van der Waals surface area contributed by atoms with Gasteiger partial charge in [-0.05, 0) is 38.1 Å². The Hall–Kier alpha value is -1.39. The Balaban J connectivity index is 1.84. The molecule has 92 valence electrons. The molecule has 1 aromatic carbocycles. The molecule has 17 heavy (non-hydrogen) atoms. The van der Waals surface area contributed by atoms with Gasteiger partial charge in [-0.2, -0.15) is 0 Å². The van der Waals surface area contributed by atoms with Crippen LogP contribution in [0.3, 0.4) is 0 Å². The Kier molecular flexibility index (Phi) is 3.45. The van der Waals surface area contributed by atoms with Gasteiger partial charge in [-0.1, -0.05) is 0 Å². The SMILES string of the molecule is CC1(C)OC[C@@H](COc2ccc(C=O)cc2)O1. The second-order valence-electron chi connectivity index (χ2n) is 4.45. The summed E-state index contributed by atoms with van der Waals surface area (Å²) in [6.07, 6.45) is 0.760. The molecule has 2 rings (SSSR count). The summed E-state index contributed by atoms with van der Waals surface area (Å²) in [5, 5.41) is 0. The second-order valence-corrected chi connectivity index (χ2v) is 4.45. The van der Waals surface area contributed by atoms with Crippen molar-refractivity contribution in [1.29, 1.82) is 0 Å². The van der Waals surface area contributed by atoms with Crippen LogP contribution in [-0.4, -0.2) is 31.4 Å². The highest BCUT2D eigenvalue weighted by Crippen LogP contribution is 2.23. The summed E-state index contributed by atoms with van der Waals surface area (Å²) in [6, 6.07) is 6.98. The van der Waals surface area contributed by atoms with Gasteiger partial charge in [-0.25, -0.2) is 0 Å². The number of hydrogen-bond acceptors (Lipinski definition) is 4. The Morgan fingerprint density at radius 1 is 1.41 bits per heavy atom. The minimum Gasteiger partial charge on any atom is -0.491 e. The number of aldehydes is 1. The first kappa shape index (κ1) is 12.1. The van der Waals surface area contributed by atoms with Gasteiger partial charge in [0.2, 0.25) is 0 Å². The van der Waals surface area contributed by atoms with E-state index in [2.05, 4.69) is 0 Å². The Bertz CT molecular complexity index is 383. The van der Waals surface area contributed by atoms with E-state index >= 15 is 0 Å². The van der Waals surface area contributed by atoms with Crippen molar-refractivity contribution in [2.75, 3.05) is 13.2 Å². The zero-order valence-corrected chi connectivity index (χ0v) is 10.0. The fraction of sp³-hybridized carbons (Fsp3) is 0.462. The summed E-state index contributed by atoms with van der Waals surface area (Å²) in [5.41, 5.74) is 0.638. The van der Waals surface area contributed by atoms with E-state index in [1.54, 1.807) is 24.3 Å². The van der Waals surface area contributed by atoms with Gasteiger partial charge in [-0.3, -0.25) is 4.79 Å². The van der Waals surface area contributed by atoms with E-state index in [9.17, 15) is 4.79 Å². The minimum atomic E-state index is -0.518. The molecule has 0 unspecified atom stereocenters. The van der Waals surface area contributed by atoms with Gasteiger partial charge in [0, 0.05) is 5.56 Å². The smallest absolute Gasteiger partial charge is 0.163 e. The number of rotatable bonds is 4. The molecular weight excluding hydrogens is 220 g/mol. The Morgan fingerprint density at radius 2 is 2.12 bits per heavy atom. The lowest BCUT2D eigenvalue weighted by Crippen LogP contribution is -2.25. The maximum Gasteiger partial charge on any atom is 0.163 e. The van der Waals surface area contributed by atoms with Crippen LogP contribution in [0.25, 0.3) is 0 Å². The van der Waals surface area contributed by atoms with Crippen molar-refractivity contribution in [1.82, 2.24) is 0 Å². The standard InChI is InChI=1S/C13H16O4/c1-13(2)16-9-12(17-13)8-15-11-5-3-10(7-14)4-6-11/h3-7,12H,8-9H2,1-2H3/t12-/m1/s1. The molecule has 0 saturated carbocycles. The van der Waals surface area contributed by atoms with Gasteiger partial charge in [0.15, 0.2) is 5.79 Å². The molecule has 0 amide bonds. The first-order valence-electron chi connectivity index (χ1n) is 5.59. The zero-order chi connectivity index (χ0) is 12.3. The molecule has 4 nitrogen and oxygen atoms in total. The van der Waals surface area contributed by atoms with Crippen molar-refractivity contribution < 1.29 is 19.0 Å². The van der Waals surface area contributed by atoms with Gasteiger partial charge in [0.05, 0.1) is 6.61 Å². The first-order valence-corrected chi connectivity index (χ1v) is 5.59. The van der Waals surface area contributed by atoms with Crippen molar-refractivity contribution >= 4 is 6.29 Å². The summed E-state index contributed by atoms with van der Waals surface area (Å²) in [5.74, 6) is 0.207. The van der Waals surface area contributed by atoms with E-state index < -0.39 is 5.79 Å². The number of ether oxygens (including phenoxy) is 3. The predicted octanol–water partition coefficient (Wildman–Crippen LogP) is 2.03. The van der Waals surface area contributed by atoms with E-state index in [-0.39, 0.29) is 6.10 Å². The number of carbonyl (C=O) groups excluding carboxylic acids is 1. The lowest BCUT2D eigenvalue weighted by molar-refractivity contribution is -0.141. The molecule has 1 atom stereocenters. The summed E-state index contributed by atoms with van der Waals surface area (Å²) in [4.78, 5) is 10.5. The van der Waals surface area contributed by atoms with Crippen LogP contribution in [0.15, 0.2) is 24.3 Å². The maximum absolute atomic E-state index is 10.5. The molecule has 4 heteroatoms. The lowest BCUT2D eigenvalue weighted by Gasteiger charge is -2.17. The quantitative estimate of drug-likeness (QED) is 0.750. The lowest BCUT2D eigenvalue weighted by atomic mass is 10.2. The molecule has 1 aliphatic rings. The highest BCUT2D eigenvalue weighted by molar-refractivity contribution is 5.74. The molecule has 0 aromatic heterocycles. The van der Waals surface area contributed by atoms with E-state index in [0.717, 1.165) is 12.0 Å². The highest BCUT2D eigenvalue weighted by Gasteiger charge is 2.32. The van der Waals surface area contributed by atoms with Crippen LogP contribution in [-0.2, 0) is 9.47 Å². The summed E-state index contributed by atoms with van der Waals surface area (Å²) in [7, 11) is 0. The molecule has 0 N–H and O–H groups in total. The molecule has 0 spiro atoms. The van der Waals surface area contributed by atoms with Crippen molar-refractivity contribution in [3.63, 3.8) is 0 Å². The number of benzene rings is 1. The van der Waals surface area contributed by atoms with Crippen LogP contribution in [0.2, 0.25) is 0 Å². The van der Waals surface area contributed by atoms with Crippen LogP contribution in [0, 0.1) is 0 Å². The summed E-state index contributed by atoms with van der Waals surface area (Å²) >= 11 is 0. The normalized spacial score (nSPS) is 22.4. The molecule has 1 saturated heterocycles. The van der Waals surface area contributed by atoms with E-state index in [4.69, 9.17) is 14.2 Å². The van der Waals surface area contributed by atoms with Gasteiger partial charge < -0.3 is 14.2 Å². The largest absolute Gasteiger partial charge is 0.491 e. The molecule has 1 heterocycles. The topological polar surface area (TPSA) is 44.8 Å². The fourth-order valence-corrected chi connectivity index (χ4v) is 1.68. The number of hydrogen-bond donors (Lipinski definition) is 0. The third-order valence-corrected chi connectivity index (χ3v) is 2.52. The molecule has 1 aromatic rings. The van der Waals surface area contributed by atoms with Crippen LogP contribution in [0.4, 0.5) is 0 Å². The summed E-state index contributed by atoms with van der Waals surface area (Å²) < 4.78 is 16.6.